The van der Waals surface area contributed by atoms with Crippen molar-refractivity contribution in [2.45, 2.75) is 31.5 Å². The number of aliphatic hydroxyl groups is 2. The van der Waals surface area contributed by atoms with E-state index in [1.807, 2.05) is 0 Å². The fourth-order valence-electron chi connectivity index (χ4n) is 2.77. The number of amides is 1. The van der Waals surface area contributed by atoms with E-state index in [-0.39, 0.29) is 24.8 Å². The average Bonchev–Trinajstić information content (AvgIpc) is 3.03. The van der Waals surface area contributed by atoms with E-state index in [0.29, 0.717) is 4.88 Å². The summed E-state index contributed by atoms with van der Waals surface area (Å²) in [7, 11) is 0. The normalized spacial score (nSPS) is 26.4. The Labute approximate surface area is 127 Å². The quantitative estimate of drug-likeness (QED) is 0.704. The standard InChI is InChI=1S/C13H20N4O3S/c14-11-10(12(20)17-6-8(18)9(19)7-17)21-13(15-11)16-4-2-1-3-5-16/h8-9,18-19H,1-7,14H2. The molecule has 3 heterocycles. The van der Waals surface area contributed by atoms with Gasteiger partial charge in [-0.3, -0.25) is 4.79 Å². The van der Waals surface area contributed by atoms with E-state index in [4.69, 9.17) is 5.73 Å². The zero-order chi connectivity index (χ0) is 15.0. The summed E-state index contributed by atoms with van der Waals surface area (Å²) in [5.74, 6) is -0.0229. The highest BCUT2D eigenvalue weighted by atomic mass is 32.1. The van der Waals surface area contributed by atoms with Crippen LogP contribution in [0.15, 0.2) is 0 Å². The van der Waals surface area contributed by atoms with Gasteiger partial charge in [-0.05, 0) is 19.3 Å². The summed E-state index contributed by atoms with van der Waals surface area (Å²) in [5.41, 5.74) is 5.89. The minimum Gasteiger partial charge on any atom is -0.388 e. The number of carbonyl (C=O) groups is 1. The van der Waals surface area contributed by atoms with E-state index in [0.717, 1.165) is 31.1 Å². The van der Waals surface area contributed by atoms with Crippen LogP contribution in [0, 0.1) is 0 Å². The molecule has 116 valence electrons. The largest absolute Gasteiger partial charge is 0.388 e. The van der Waals surface area contributed by atoms with Crippen LogP contribution in [0.3, 0.4) is 0 Å². The highest BCUT2D eigenvalue weighted by molar-refractivity contribution is 7.18. The molecule has 2 aliphatic heterocycles. The topological polar surface area (TPSA) is 103 Å². The Morgan fingerprint density at radius 2 is 1.81 bits per heavy atom. The number of β-amino-alcohol motifs (C(OH)–C–C–N with tert-alkyl or cyclic N) is 2. The van der Waals surface area contributed by atoms with Crippen LogP contribution < -0.4 is 10.6 Å². The monoisotopic (exact) mass is 312 g/mol. The maximum atomic E-state index is 12.4. The van der Waals surface area contributed by atoms with Crippen molar-refractivity contribution in [1.82, 2.24) is 9.88 Å². The number of nitrogen functional groups attached to an aromatic ring is 1. The molecule has 0 bridgehead atoms. The van der Waals surface area contributed by atoms with E-state index in [2.05, 4.69) is 9.88 Å². The molecule has 7 nitrogen and oxygen atoms in total. The van der Waals surface area contributed by atoms with Crippen molar-refractivity contribution in [2.75, 3.05) is 36.8 Å². The SMILES string of the molecule is Nc1nc(N2CCCCC2)sc1C(=O)N1CC(O)C(O)C1. The second kappa shape index (κ2) is 5.78. The van der Waals surface area contributed by atoms with Crippen molar-refractivity contribution in [3.05, 3.63) is 4.88 Å². The molecule has 0 radical (unpaired) electrons. The van der Waals surface area contributed by atoms with E-state index in [9.17, 15) is 15.0 Å². The second-order valence-corrected chi connectivity index (χ2v) is 6.58. The molecule has 21 heavy (non-hydrogen) atoms. The molecule has 2 unspecified atom stereocenters. The third-order valence-corrected chi connectivity index (χ3v) is 5.13. The van der Waals surface area contributed by atoms with Gasteiger partial charge < -0.3 is 25.7 Å². The number of piperidine rings is 1. The molecule has 8 heteroatoms. The number of hydrogen-bond acceptors (Lipinski definition) is 7. The smallest absolute Gasteiger partial charge is 0.268 e. The summed E-state index contributed by atoms with van der Waals surface area (Å²) in [5, 5.41) is 19.9. The highest BCUT2D eigenvalue weighted by Gasteiger charge is 2.35. The molecule has 3 rings (SSSR count). The summed E-state index contributed by atoms with van der Waals surface area (Å²) in [6.07, 6.45) is 1.72. The number of thiazole rings is 1. The molecular formula is C13H20N4O3S. The number of hydrogen-bond donors (Lipinski definition) is 3. The molecule has 1 aromatic rings. The first kappa shape index (κ1) is 14.6. The average molecular weight is 312 g/mol. The lowest BCUT2D eigenvalue weighted by Crippen LogP contribution is -2.29. The molecule has 0 aliphatic carbocycles. The number of aliphatic hydroxyl groups excluding tert-OH is 2. The van der Waals surface area contributed by atoms with Gasteiger partial charge in [-0.15, -0.1) is 0 Å². The van der Waals surface area contributed by atoms with Crippen molar-refractivity contribution >= 4 is 28.2 Å². The Bertz CT molecular complexity index is 519. The van der Waals surface area contributed by atoms with Crippen molar-refractivity contribution in [2.24, 2.45) is 0 Å². The molecule has 2 saturated heterocycles. The summed E-state index contributed by atoms with van der Waals surface area (Å²) < 4.78 is 0. The molecule has 2 fully saturated rings. The number of rotatable bonds is 2. The summed E-state index contributed by atoms with van der Waals surface area (Å²) in [6.45, 7) is 2.16. The molecule has 2 atom stereocenters. The van der Waals surface area contributed by atoms with Gasteiger partial charge in [0.1, 0.15) is 10.7 Å². The fourth-order valence-corrected chi connectivity index (χ4v) is 3.78. The number of nitrogens with zero attached hydrogens (tertiary/aromatic N) is 3. The summed E-state index contributed by atoms with van der Waals surface area (Å²) in [6, 6.07) is 0. The van der Waals surface area contributed by atoms with Crippen LogP contribution in [-0.2, 0) is 0 Å². The fraction of sp³-hybridized carbons (Fsp3) is 0.692. The molecule has 0 spiro atoms. The van der Waals surface area contributed by atoms with Crippen LogP contribution in [-0.4, -0.2) is 64.4 Å². The van der Waals surface area contributed by atoms with Gasteiger partial charge in [-0.1, -0.05) is 11.3 Å². The lowest BCUT2D eigenvalue weighted by Gasteiger charge is -2.25. The number of anilines is 2. The van der Waals surface area contributed by atoms with E-state index < -0.39 is 12.2 Å². The van der Waals surface area contributed by atoms with E-state index in [1.54, 1.807) is 0 Å². The Balaban J connectivity index is 1.76. The van der Waals surface area contributed by atoms with Crippen LogP contribution in [0.2, 0.25) is 0 Å². The van der Waals surface area contributed by atoms with Crippen LogP contribution >= 0.6 is 11.3 Å². The first-order valence-electron chi connectivity index (χ1n) is 7.23. The van der Waals surface area contributed by atoms with Crippen molar-refractivity contribution in [3.63, 3.8) is 0 Å². The van der Waals surface area contributed by atoms with Crippen LogP contribution in [0.25, 0.3) is 0 Å². The first-order chi connectivity index (χ1) is 10.1. The predicted molar refractivity (Wildman–Crippen MR) is 80.5 cm³/mol. The minimum absolute atomic E-state index is 0.135. The number of likely N-dealkylation sites (tertiary alicyclic amines) is 1. The van der Waals surface area contributed by atoms with Crippen molar-refractivity contribution in [1.29, 1.82) is 0 Å². The van der Waals surface area contributed by atoms with E-state index in [1.165, 1.54) is 22.7 Å². The molecule has 4 N–H and O–H groups in total. The molecule has 1 aromatic heterocycles. The highest BCUT2D eigenvalue weighted by Crippen LogP contribution is 2.31. The molecule has 0 saturated carbocycles. The van der Waals surface area contributed by atoms with Gasteiger partial charge in [0.2, 0.25) is 0 Å². The van der Waals surface area contributed by atoms with Gasteiger partial charge in [0.25, 0.3) is 5.91 Å². The number of aromatic nitrogens is 1. The zero-order valence-corrected chi connectivity index (χ0v) is 12.6. The molecular weight excluding hydrogens is 292 g/mol. The Morgan fingerprint density at radius 1 is 1.19 bits per heavy atom. The summed E-state index contributed by atoms with van der Waals surface area (Å²) >= 11 is 1.30. The Morgan fingerprint density at radius 3 is 2.43 bits per heavy atom. The lowest BCUT2D eigenvalue weighted by atomic mass is 10.1. The number of carbonyl (C=O) groups excluding carboxylic acids is 1. The van der Waals surface area contributed by atoms with Crippen LogP contribution in [0.1, 0.15) is 28.9 Å². The van der Waals surface area contributed by atoms with Gasteiger partial charge in [0.15, 0.2) is 5.13 Å². The third kappa shape index (κ3) is 2.83. The van der Waals surface area contributed by atoms with Crippen LogP contribution in [0.5, 0.6) is 0 Å². The van der Waals surface area contributed by atoms with Gasteiger partial charge in [-0.25, -0.2) is 4.98 Å². The lowest BCUT2D eigenvalue weighted by molar-refractivity contribution is 0.0572. The van der Waals surface area contributed by atoms with Crippen molar-refractivity contribution < 1.29 is 15.0 Å². The molecule has 0 aromatic carbocycles. The van der Waals surface area contributed by atoms with Gasteiger partial charge in [0.05, 0.1) is 12.2 Å². The predicted octanol–water partition coefficient (Wildman–Crippen LogP) is -0.107. The minimum atomic E-state index is -0.885. The Kier molecular flexibility index (Phi) is 4.01. The maximum Gasteiger partial charge on any atom is 0.268 e. The third-order valence-electron chi connectivity index (χ3n) is 4.01. The van der Waals surface area contributed by atoms with Gasteiger partial charge >= 0.3 is 0 Å². The van der Waals surface area contributed by atoms with Crippen LogP contribution in [0.4, 0.5) is 10.9 Å². The number of nitrogens with two attached hydrogens (primary N) is 1. The molecule has 2 aliphatic rings. The second-order valence-electron chi connectivity index (χ2n) is 5.60. The zero-order valence-electron chi connectivity index (χ0n) is 11.7. The summed E-state index contributed by atoms with van der Waals surface area (Å²) in [4.78, 5) is 20.7. The Hall–Kier alpha value is -1.38. The molecule has 1 amide bonds. The maximum absolute atomic E-state index is 12.4. The first-order valence-corrected chi connectivity index (χ1v) is 8.04. The van der Waals surface area contributed by atoms with Crippen molar-refractivity contribution in [3.8, 4) is 0 Å². The van der Waals surface area contributed by atoms with Gasteiger partial charge in [-0.2, -0.15) is 0 Å². The van der Waals surface area contributed by atoms with E-state index >= 15 is 0 Å². The van der Waals surface area contributed by atoms with Gasteiger partial charge in [0, 0.05) is 26.2 Å².